The van der Waals surface area contributed by atoms with E-state index in [1.807, 2.05) is 39.1 Å². The van der Waals surface area contributed by atoms with Gasteiger partial charge in [0.1, 0.15) is 0 Å². The molecule has 5 nitrogen and oxygen atoms in total. The molecule has 1 saturated heterocycles. The summed E-state index contributed by atoms with van der Waals surface area (Å²) in [6.07, 6.45) is 8.68. The summed E-state index contributed by atoms with van der Waals surface area (Å²) in [4.78, 5) is 6.66. The van der Waals surface area contributed by atoms with Crippen LogP contribution in [-0.2, 0) is 3.74 Å². The first-order valence-corrected chi connectivity index (χ1v) is 10.4. The summed E-state index contributed by atoms with van der Waals surface area (Å²) in [5.41, 5.74) is 2.03. The molecule has 6 heteroatoms. The monoisotopic (exact) mass is 418 g/mol. The first kappa shape index (κ1) is 24.0. The maximum atomic E-state index is 11.1. The number of nitrogens with zero attached hydrogens (tertiary/aromatic N) is 3. The second-order valence-corrected chi connectivity index (χ2v) is 6.17. The normalized spacial score (nSPS) is 12.5. The third-order valence-corrected chi connectivity index (χ3v) is 4.30. The molecule has 3 rings (SSSR count). The Morgan fingerprint density at radius 2 is 1.73 bits per heavy atom. The molecule has 3 heterocycles. The molecule has 2 aromatic rings. The Balaban J connectivity index is 0.000000594. The van der Waals surface area contributed by atoms with Gasteiger partial charge in [-0.25, -0.2) is 0 Å². The third kappa shape index (κ3) is 7.50. The molecule has 1 aliphatic rings. The quantitative estimate of drug-likeness (QED) is 0.468. The molecule has 0 aliphatic carbocycles. The summed E-state index contributed by atoms with van der Waals surface area (Å²) in [5, 5.41) is 4.44. The van der Waals surface area contributed by atoms with E-state index >= 15 is 0 Å². The average Bonchev–Trinajstić information content (AvgIpc) is 3.14. The second kappa shape index (κ2) is 15.3. The number of piperazine rings is 1. The van der Waals surface area contributed by atoms with Crippen molar-refractivity contribution in [3.05, 3.63) is 62.5 Å². The molecule has 0 aromatic carbocycles. The molecule has 2 aromatic heterocycles. The van der Waals surface area contributed by atoms with Gasteiger partial charge in [0.05, 0.1) is 0 Å². The Bertz CT molecular complexity index is 670. The predicted molar refractivity (Wildman–Crippen MR) is 114 cm³/mol. The maximum absolute atomic E-state index is 11.1. The minimum atomic E-state index is -1.07. The summed E-state index contributed by atoms with van der Waals surface area (Å²) < 4.78 is 12.8. The molecule has 0 unspecified atom stereocenters. The van der Waals surface area contributed by atoms with Crippen molar-refractivity contribution in [1.29, 1.82) is 0 Å². The number of aromatic nitrogens is 2. The zero-order valence-electron chi connectivity index (χ0n) is 16.2. The van der Waals surface area contributed by atoms with Crippen molar-refractivity contribution in [2.45, 2.75) is 20.8 Å². The van der Waals surface area contributed by atoms with Gasteiger partial charge < -0.3 is 0 Å². The zero-order chi connectivity index (χ0) is 19.8. The van der Waals surface area contributed by atoms with Gasteiger partial charge in [-0.05, 0) is 6.92 Å². The first-order valence-electron chi connectivity index (χ1n) is 8.79. The molecular formula is C20H31AsN4O. The average molecular weight is 418 g/mol. The van der Waals surface area contributed by atoms with Gasteiger partial charge in [-0.1, -0.05) is 45.2 Å². The fourth-order valence-electron chi connectivity index (χ4n) is 2.26. The number of hydrogen-bond donors (Lipinski definition) is 1. The SMILES string of the molecule is C=CC.C=CC=C.CC.O=[As]n1ccc2c(N3CCNCC3)ccnc21. The van der Waals surface area contributed by atoms with E-state index in [4.69, 9.17) is 0 Å². The van der Waals surface area contributed by atoms with Crippen LogP contribution < -0.4 is 10.2 Å². The summed E-state index contributed by atoms with van der Waals surface area (Å²) in [6, 6.07) is 4.05. The van der Waals surface area contributed by atoms with Crippen molar-refractivity contribution in [3.63, 3.8) is 0 Å². The molecule has 1 fully saturated rings. The van der Waals surface area contributed by atoms with Crippen molar-refractivity contribution in [2.75, 3.05) is 31.1 Å². The Hall–Kier alpha value is -1.97. The van der Waals surface area contributed by atoms with Crippen LogP contribution in [0.1, 0.15) is 20.8 Å². The van der Waals surface area contributed by atoms with Crippen molar-refractivity contribution in [3.8, 4) is 0 Å². The fourth-order valence-corrected chi connectivity index (χ4v) is 3.01. The number of fused-ring (bicyclic) bond motifs is 1. The first-order chi connectivity index (χ1) is 12.7. The molecule has 0 saturated carbocycles. The van der Waals surface area contributed by atoms with Crippen LogP contribution in [0.15, 0.2) is 62.5 Å². The van der Waals surface area contributed by atoms with E-state index < -0.39 is 15.9 Å². The third-order valence-electron chi connectivity index (χ3n) is 3.26. The molecule has 1 N–H and O–H groups in total. The van der Waals surface area contributed by atoms with Gasteiger partial charge in [-0.2, -0.15) is 0 Å². The van der Waals surface area contributed by atoms with Crippen LogP contribution in [0.4, 0.5) is 5.69 Å². The summed E-state index contributed by atoms with van der Waals surface area (Å²) in [7, 11) is 0. The van der Waals surface area contributed by atoms with Gasteiger partial charge >= 0.3 is 106 Å². The van der Waals surface area contributed by atoms with Gasteiger partial charge in [0.25, 0.3) is 0 Å². The molecule has 1 aliphatic heterocycles. The predicted octanol–water partition coefficient (Wildman–Crippen LogP) is 3.84. The number of hydrogen-bond acceptors (Lipinski definition) is 4. The summed E-state index contributed by atoms with van der Waals surface area (Å²) in [6.45, 7) is 20.0. The van der Waals surface area contributed by atoms with Crippen molar-refractivity contribution in [1.82, 2.24) is 13.8 Å². The zero-order valence-corrected chi connectivity index (χ0v) is 18.1. The Morgan fingerprint density at radius 1 is 1.15 bits per heavy atom. The number of rotatable bonds is 3. The molecule has 0 amide bonds. The van der Waals surface area contributed by atoms with Crippen molar-refractivity contribution in [2.24, 2.45) is 0 Å². The number of nitrogens with one attached hydrogen (secondary N) is 1. The van der Waals surface area contributed by atoms with E-state index in [9.17, 15) is 3.74 Å². The van der Waals surface area contributed by atoms with E-state index in [-0.39, 0.29) is 0 Å². The number of anilines is 1. The van der Waals surface area contributed by atoms with Gasteiger partial charge in [-0.3, -0.25) is 0 Å². The Kier molecular flexibility index (Phi) is 14.1. The number of allylic oxidation sites excluding steroid dienone is 3. The number of pyridine rings is 1. The van der Waals surface area contributed by atoms with E-state index in [1.54, 1.807) is 27.9 Å². The standard InChI is InChI=1S/C11H13AsN4O.C4H6.C3H6.C2H6/c17-12-16-6-2-9-10(1-3-14-11(9)16)15-7-4-13-5-8-15;1-3-4-2;1-3-2;1-2/h1-3,6,13H,4-5,7-8H2;3-4H,1-2H2;3H,1H2,2H3;1-2H3. The molecular weight excluding hydrogens is 387 g/mol. The van der Waals surface area contributed by atoms with Crippen LogP contribution in [0.25, 0.3) is 11.0 Å². The second-order valence-electron chi connectivity index (χ2n) is 4.93. The van der Waals surface area contributed by atoms with Crippen molar-refractivity contribution >= 4 is 32.6 Å². The van der Waals surface area contributed by atoms with Crippen LogP contribution in [0.3, 0.4) is 0 Å². The summed E-state index contributed by atoms with van der Waals surface area (Å²) >= 11 is -1.07. The molecule has 0 atom stereocenters. The summed E-state index contributed by atoms with van der Waals surface area (Å²) in [5.74, 6) is 0. The van der Waals surface area contributed by atoms with Crippen LogP contribution >= 0.6 is 0 Å². The Morgan fingerprint density at radius 3 is 2.23 bits per heavy atom. The molecule has 0 radical (unpaired) electrons. The van der Waals surface area contributed by atoms with Crippen LogP contribution in [0, 0.1) is 0 Å². The van der Waals surface area contributed by atoms with Gasteiger partial charge in [0.15, 0.2) is 0 Å². The van der Waals surface area contributed by atoms with E-state index in [0.717, 1.165) is 37.2 Å². The van der Waals surface area contributed by atoms with Crippen LogP contribution in [0.5, 0.6) is 0 Å². The molecule has 142 valence electrons. The van der Waals surface area contributed by atoms with E-state index in [0.29, 0.717) is 0 Å². The fraction of sp³-hybridized carbons (Fsp3) is 0.350. The molecule has 0 spiro atoms. The van der Waals surface area contributed by atoms with Crippen LogP contribution in [-0.4, -0.2) is 50.6 Å². The minimum absolute atomic E-state index is 0.830. The van der Waals surface area contributed by atoms with Gasteiger partial charge in [0.2, 0.25) is 0 Å². The van der Waals surface area contributed by atoms with Crippen LogP contribution in [0.2, 0.25) is 0 Å². The van der Waals surface area contributed by atoms with Gasteiger partial charge in [-0.15, -0.1) is 6.58 Å². The van der Waals surface area contributed by atoms with Crippen molar-refractivity contribution < 1.29 is 3.74 Å². The van der Waals surface area contributed by atoms with Gasteiger partial charge in [0, 0.05) is 0 Å². The van der Waals surface area contributed by atoms with E-state index in [1.165, 1.54) is 5.69 Å². The van der Waals surface area contributed by atoms with E-state index in [2.05, 4.69) is 34.9 Å². The Labute approximate surface area is 164 Å². The topological polar surface area (TPSA) is 50.2 Å². The molecule has 26 heavy (non-hydrogen) atoms. The molecule has 0 bridgehead atoms.